The summed E-state index contributed by atoms with van der Waals surface area (Å²) in [6.45, 7) is 1.61. The van der Waals surface area contributed by atoms with Crippen molar-refractivity contribution in [3.05, 3.63) is 54.1 Å². The first-order valence-corrected chi connectivity index (χ1v) is 9.68. The van der Waals surface area contributed by atoms with Crippen molar-refractivity contribution in [2.45, 2.75) is 25.8 Å². The first-order chi connectivity index (χ1) is 14.9. The van der Waals surface area contributed by atoms with Gasteiger partial charge in [-0.05, 0) is 24.3 Å². The zero-order valence-electron chi connectivity index (χ0n) is 17.5. The first-order valence-electron chi connectivity index (χ1n) is 9.68. The number of imide groups is 1. The zero-order chi connectivity index (χ0) is 22.5. The number of benzene rings is 2. The summed E-state index contributed by atoms with van der Waals surface area (Å²) in [5.74, 6) is -1.49. The smallest absolute Gasteiger partial charge is 0.269 e. The summed E-state index contributed by atoms with van der Waals surface area (Å²) >= 11 is 0. The number of nitrogens with one attached hydrogen (secondary N) is 1. The van der Waals surface area contributed by atoms with Crippen LogP contribution in [0.5, 0.6) is 11.5 Å². The van der Waals surface area contributed by atoms with Crippen LogP contribution in [-0.4, -0.2) is 48.9 Å². The minimum Gasteiger partial charge on any atom is -0.497 e. The predicted octanol–water partition coefficient (Wildman–Crippen LogP) is 1.92. The Bertz CT molecular complexity index is 1010. The molecule has 9 nitrogen and oxygen atoms in total. The normalized spacial score (nSPS) is 15.6. The summed E-state index contributed by atoms with van der Waals surface area (Å²) in [6, 6.07) is 11.8. The monoisotopic (exact) mass is 425 g/mol. The second-order valence-corrected chi connectivity index (χ2v) is 6.75. The summed E-state index contributed by atoms with van der Waals surface area (Å²) in [7, 11) is 2.88. The van der Waals surface area contributed by atoms with Crippen LogP contribution in [0, 0.1) is 0 Å². The van der Waals surface area contributed by atoms with Crippen LogP contribution in [0.15, 0.2) is 48.5 Å². The van der Waals surface area contributed by atoms with E-state index in [1.54, 1.807) is 49.4 Å². The topological polar surface area (TPSA) is 105 Å². The van der Waals surface area contributed by atoms with E-state index in [1.807, 2.05) is 0 Å². The maximum Gasteiger partial charge on any atom is 0.269 e. The van der Waals surface area contributed by atoms with Crippen molar-refractivity contribution in [1.82, 2.24) is 10.4 Å². The second-order valence-electron chi connectivity index (χ2n) is 6.75. The maximum absolute atomic E-state index is 13.2. The fraction of sp³-hybridized carbons (Fsp3) is 0.273. The van der Waals surface area contributed by atoms with E-state index in [-0.39, 0.29) is 18.5 Å². The molecule has 0 saturated carbocycles. The Labute approximate surface area is 179 Å². The van der Waals surface area contributed by atoms with Crippen molar-refractivity contribution in [1.29, 1.82) is 0 Å². The van der Waals surface area contributed by atoms with E-state index in [2.05, 4.69) is 5.43 Å². The molecule has 1 atom stereocenters. The largest absolute Gasteiger partial charge is 0.497 e. The van der Waals surface area contributed by atoms with Crippen LogP contribution in [0.4, 0.5) is 5.69 Å². The van der Waals surface area contributed by atoms with E-state index < -0.39 is 29.7 Å². The van der Waals surface area contributed by atoms with E-state index in [0.717, 1.165) is 9.91 Å². The lowest BCUT2D eigenvalue weighted by molar-refractivity contribution is -0.140. The molecule has 0 bridgehead atoms. The fourth-order valence-electron chi connectivity index (χ4n) is 3.29. The molecular formula is C22H23N3O6. The molecule has 0 aliphatic carbocycles. The molecule has 3 rings (SSSR count). The van der Waals surface area contributed by atoms with E-state index in [4.69, 9.17) is 9.47 Å². The van der Waals surface area contributed by atoms with Gasteiger partial charge in [0.15, 0.2) is 0 Å². The number of hydrogen-bond acceptors (Lipinski definition) is 6. The molecular weight excluding hydrogens is 402 g/mol. The number of nitrogens with zero attached hydrogens (tertiary/aromatic N) is 2. The van der Waals surface area contributed by atoms with E-state index in [1.165, 1.54) is 20.3 Å². The molecule has 1 aliphatic rings. The molecule has 162 valence electrons. The highest BCUT2D eigenvalue weighted by Gasteiger charge is 2.46. The van der Waals surface area contributed by atoms with Gasteiger partial charge < -0.3 is 9.47 Å². The number of carbonyl (C=O) groups excluding carboxylic acids is 4. The van der Waals surface area contributed by atoms with Gasteiger partial charge in [-0.3, -0.25) is 24.6 Å². The number of hydrazine groups is 1. The van der Waals surface area contributed by atoms with Crippen LogP contribution in [0.1, 0.15) is 30.1 Å². The highest BCUT2D eigenvalue weighted by Crippen LogP contribution is 2.36. The number of carbonyl (C=O) groups is 4. The van der Waals surface area contributed by atoms with Gasteiger partial charge in [0, 0.05) is 18.1 Å². The second kappa shape index (κ2) is 9.29. The molecule has 31 heavy (non-hydrogen) atoms. The van der Waals surface area contributed by atoms with Gasteiger partial charge in [0.1, 0.15) is 17.5 Å². The molecule has 1 heterocycles. The minimum absolute atomic E-state index is 0.0372. The molecule has 4 amide bonds. The zero-order valence-corrected chi connectivity index (χ0v) is 17.5. The van der Waals surface area contributed by atoms with Crippen molar-refractivity contribution in [2.75, 3.05) is 19.1 Å². The van der Waals surface area contributed by atoms with Gasteiger partial charge in [-0.1, -0.05) is 25.1 Å². The van der Waals surface area contributed by atoms with Crippen molar-refractivity contribution in [2.24, 2.45) is 0 Å². The van der Waals surface area contributed by atoms with Gasteiger partial charge in [-0.15, -0.1) is 0 Å². The molecule has 0 radical (unpaired) electrons. The van der Waals surface area contributed by atoms with Gasteiger partial charge in [0.05, 0.1) is 26.3 Å². The molecule has 9 heteroatoms. The summed E-state index contributed by atoms with van der Waals surface area (Å²) in [4.78, 5) is 52.1. The van der Waals surface area contributed by atoms with Crippen LogP contribution >= 0.6 is 0 Å². The van der Waals surface area contributed by atoms with Crippen LogP contribution in [0.2, 0.25) is 0 Å². The highest BCUT2D eigenvalue weighted by atomic mass is 16.5. The number of amides is 4. The maximum atomic E-state index is 13.2. The van der Waals surface area contributed by atoms with Crippen LogP contribution in [-0.2, 0) is 14.4 Å². The highest BCUT2D eigenvalue weighted by molar-refractivity contribution is 6.23. The van der Waals surface area contributed by atoms with Crippen LogP contribution < -0.4 is 19.8 Å². The van der Waals surface area contributed by atoms with Gasteiger partial charge in [-0.25, -0.2) is 9.91 Å². The summed E-state index contributed by atoms with van der Waals surface area (Å²) in [5, 5.41) is 0.947. The third-order valence-corrected chi connectivity index (χ3v) is 4.89. The third kappa shape index (κ3) is 4.35. The molecule has 0 spiro atoms. The van der Waals surface area contributed by atoms with E-state index in [0.29, 0.717) is 17.1 Å². The molecule has 2 aromatic carbocycles. The Morgan fingerprint density at radius 2 is 1.81 bits per heavy atom. The van der Waals surface area contributed by atoms with Gasteiger partial charge in [0.2, 0.25) is 11.8 Å². The molecule has 1 fully saturated rings. The average Bonchev–Trinajstić information content (AvgIpc) is 3.10. The number of hydrogen-bond donors (Lipinski definition) is 1. The van der Waals surface area contributed by atoms with Crippen LogP contribution in [0.25, 0.3) is 0 Å². The van der Waals surface area contributed by atoms with Crippen molar-refractivity contribution in [3.63, 3.8) is 0 Å². The molecule has 1 N–H and O–H groups in total. The van der Waals surface area contributed by atoms with Gasteiger partial charge in [0.25, 0.3) is 11.8 Å². The van der Waals surface area contributed by atoms with Crippen molar-refractivity contribution >= 4 is 29.3 Å². The number of ether oxygens (including phenoxy) is 2. The van der Waals surface area contributed by atoms with Gasteiger partial charge >= 0.3 is 0 Å². The van der Waals surface area contributed by atoms with Crippen molar-refractivity contribution < 1.29 is 28.7 Å². The number of anilines is 1. The van der Waals surface area contributed by atoms with Crippen molar-refractivity contribution in [3.8, 4) is 11.5 Å². The van der Waals surface area contributed by atoms with E-state index in [9.17, 15) is 19.2 Å². The summed E-state index contributed by atoms with van der Waals surface area (Å²) in [6.07, 6.45) is -0.241. The van der Waals surface area contributed by atoms with Crippen LogP contribution in [0.3, 0.4) is 0 Å². The Morgan fingerprint density at radius 3 is 2.42 bits per heavy atom. The van der Waals surface area contributed by atoms with E-state index >= 15 is 0 Å². The third-order valence-electron chi connectivity index (χ3n) is 4.89. The molecule has 0 aromatic heterocycles. The number of methoxy groups -OCH3 is 2. The average molecular weight is 425 g/mol. The SMILES string of the molecule is CCC(=O)N(NC(=O)c1ccccc1)C1CC(=O)N(c2cc(OC)ccc2OC)C1=O. The number of rotatable bonds is 6. The minimum atomic E-state index is -1.18. The Kier molecular flexibility index (Phi) is 6.54. The molecule has 1 unspecified atom stereocenters. The first kappa shape index (κ1) is 21.8. The Morgan fingerprint density at radius 1 is 1.10 bits per heavy atom. The lowest BCUT2D eigenvalue weighted by Crippen LogP contribution is -2.54. The lowest BCUT2D eigenvalue weighted by atomic mass is 10.2. The predicted molar refractivity (Wildman–Crippen MR) is 111 cm³/mol. The Balaban J connectivity index is 1.92. The quantitative estimate of drug-likeness (QED) is 0.560. The molecule has 1 aliphatic heterocycles. The van der Waals surface area contributed by atoms with Gasteiger partial charge in [-0.2, -0.15) is 0 Å². The Hall–Kier alpha value is -3.88. The summed E-state index contributed by atoms with van der Waals surface area (Å²) < 4.78 is 10.5. The standard InChI is InChI=1S/C22H23N3O6/c1-4-19(26)25(23-21(28)14-8-6-5-7-9-14)17-13-20(27)24(22(17)29)16-12-15(30-2)10-11-18(16)31-3/h5-12,17H,4,13H2,1-3H3,(H,23,28). The fourth-order valence-corrected chi connectivity index (χ4v) is 3.29. The lowest BCUT2D eigenvalue weighted by Gasteiger charge is -2.27. The molecule has 1 saturated heterocycles. The summed E-state index contributed by atoms with van der Waals surface area (Å²) in [5.41, 5.74) is 3.01. The molecule has 2 aromatic rings.